The Balaban J connectivity index is 1.90. The fourth-order valence-corrected chi connectivity index (χ4v) is 3.71. The minimum Gasteiger partial charge on any atom is -0.482 e. The van der Waals surface area contributed by atoms with Gasteiger partial charge < -0.3 is 10.1 Å². The van der Waals surface area contributed by atoms with E-state index in [1.54, 1.807) is 11.3 Å². The molecule has 1 fully saturated rings. The van der Waals surface area contributed by atoms with Gasteiger partial charge in [-0.1, -0.05) is 19.9 Å². The zero-order valence-electron chi connectivity index (χ0n) is 14.4. The van der Waals surface area contributed by atoms with E-state index in [9.17, 15) is 14.4 Å². The van der Waals surface area contributed by atoms with Crippen molar-refractivity contribution in [2.45, 2.75) is 39.7 Å². The maximum atomic E-state index is 12.7. The fourth-order valence-electron chi connectivity index (χ4n) is 2.86. The summed E-state index contributed by atoms with van der Waals surface area (Å²) in [6, 6.07) is 3.92. The maximum Gasteiger partial charge on any atom is 0.287 e. The molecule has 1 aliphatic heterocycles. The molecule has 1 aromatic heterocycles. The highest BCUT2D eigenvalue weighted by Crippen LogP contribution is 2.24. The monoisotopic (exact) mass is 381 g/mol. The van der Waals surface area contributed by atoms with Gasteiger partial charge in [0.25, 0.3) is 5.91 Å². The fraction of sp³-hybridized carbons (Fsp3) is 0.556. The maximum absolute atomic E-state index is 12.7. The van der Waals surface area contributed by atoms with Crippen LogP contribution in [0.1, 0.15) is 38.0 Å². The first kappa shape index (κ1) is 19.7. The van der Waals surface area contributed by atoms with Gasteiger partial charge in [-0.15, -0.1) is 11.3 Å². The molecule has 1 aliphatic rings. The Morgan fingerprint density at radius 3 is 2.84 bits per heavy atom. The second-order valence-corrected chi connectivity index (χ2v) is 8.06. The van der Waals surface area contributed by atoms with Crippen LogP contribution in [0.2, 0.25) is 0 Å². The number of rotatable bonds is 8. The standard InChI is InChI=1S/C18H23NO4S2/c1-11(2)14(9-16(24)23-10-13-4-3-7-25-13)15(20)8-12-5-6-19-18(22)17(12)21/h3-4,7,11-12,14H,5-6,8-10H2,1-2H3,(H,19,22). The van der Waals surface area contributed by atoms with Crippen LogP contribution in [0.25, 0.3) is 0 Å². The molecule has 7 heteroatoms. The van der Waals surface area contributed by atoms with Crippen molar-refractivity contribution in [3.8, 4) is 0 Å². The van der Waals surface area contributed by atoms with Gasteiger partial charge in [-0.2, -0.15) is 0 Å². The van der Waals surface area contributed by atoms with Crippen molar-refractivity contribution in [1.29, 1.82) is 0 Å². The van der Waals surface area contributed by atoms with Gasteiger partial charge in [0, 0.05) is 36.1 Å². The molecule has 0 bridgehead atoms. The van der Waals surface area contributed by atoms with E-state index in [1.807, 2.05) is 31.4 Å². The lowest BCUT2D eigenvalue weighted by molar-refractivity contribution is -0.143. The number of hydrogen-bond acceptors (Lipinski definition) is 6. The smallest absolute Gasteiger partial charge is 0.287 e. The number of ether oxygens (including phenoxy) is 1. The number of piperidine rings is 1. The molecule has 2 rings (SSSR count). The summed E-state index contributed by atoms with van der Waals surface area (Å²) in [4.78, 5) is 37.1. The van der Waals surface area contributed by atoms with E-state index in [0.717, 1.165) is 4.88 Å². The third kappa shape index (κ3) is 5.71. The Bertz CT molecular complexity index is 640. The SMILES string of the molecule is CC(C)C(CC(=S)OCc1cccs1)C(=O)CC1CCNC(=O)C1=O. The second-order valence-electron chi connectivity index (χ2n) is 6.57. The van der Waals surface area contributed by atoms with Crippen molar-refractivity contribution >= 4 is 46.1 Å². The highest BCUT2D eigenvalue weighted by Gasteiger charge is 2.34. The number of ketones is 2. The van der Waals surface area contributed by atoms with Gasteiger partial charge in [-0.25, -0.2) is 0 Å². The van der Waals surface area contributed by atoms with Crippen molar-refractivity contribution in [3.05, 3.63) is 22.4 Å². The number of amides is 1. The summed E-state index contributed by atoms with van der Waals surface area (Å²) in [7, 11) is 0. The number of thiocarbonyl (C=S) groups is 1. The Kier molecular flexibility index (Phi) is 7.25. The highest BCUT2D eigenvalue weighted by atomic mass is 32.1. The molecule has 2 unspecified atom stereocenters. The number of carbonyl (C=O) groups excluding carboxylic acids is 3. The molecular formula is C18H23NO4S2. The molecule has 2 atom stereocenters. The van der Waals surface area contributed by atoms with E-state index < -0.39 is 17.6 Å². The van der Waals surface area contributed by atoms with Crippen molar-refractivity contribution in [2.24, 2.45) is 17.8 Å². The van der Waals surface area contributed by atoms with E-state index in [4.69, 9.17) is 17.0 Å². The van der Waals surface area contributed by atoms with Crippen molar-refractivity contribution in [1.82, 2.24) is 5.32 Å². The summed E-state index contributed by atoms with van der Waals surface area (Å²) in [5, 5.41) is 4.89. The van der Waals surface area contributed by atoms with Gasteiger partial charge >= 0.3 is 0 Å². The van der Waals surface area contributed by atoms with Gasteiger partial charge in [0.1, 0.15) is 12.4 Å². The van der Waals surface area contributed by atoms with Crippen LogP contribution in [-0.4, -0.2) is 29.1 Å². The summed E-state index contributed by atoms with van der Waals surface area (Å²) in [6.07, 6.45) is 0.980. The average molecular weight is 382 g/mol. The van der Waals surface area contributed by atoms with Crippen LogP contribution in [0, 0.1) is 17.8 Å². The van der Waals surface area contributed by atoms with Crippen LogP contribution in [0.3, 0.4) is 0 Å². The van der Waals surface area contributed by atoms with E-state index in [-0.39, 0.29) is 24.0 Å². The molecule has 136 valence electrons. The van der Waals surface area contributed by atoms with Crippen LogP contribution in [0.4, 0.5) is 0 Å². The first-order valence-electron chi connectivity index (χ1n) is 8.41. The summed E-state index contributed by atoms with van der Waals surface area (Å²) < 4.78 is 5.60. The van der Waals surface area contributed by atoms with Crippen molar-refractivity contribution in [3.63, 3.8) is 0 Å². The van der Waals surface area contributed by atoms with Crippen molar-refractivity contribution < 1.29 is 19.1 Å². The molecule has 0 aliphatic carbocycles. The number of hydrogen-bond donors (Lipinski definition) is 1. The predicted octanol–water partition coefficient (Wildman–Crippen LogP) is 2.92. The molecule has 0 aromatic carbocycles. The topological polar surface area (TPSA) is 72.5 Å². The minimum atomic E-state index is -0.583. The number of thiophene rings is 1. The second kappa shape index (κ2) is 9.20. The molecule has 5 nitrogen and oxygen atoms in total. The van der Waals surface area contributed by atoms with Crippen LogP contribution in [0.5, 0.6) is 0 Å². The Morgan fingerprint density at radius 1 is 1.44 bits per heavy atom. The molecule has 1 aromatic rings. The molecule has 0 radical (unpaired) electrons. The quantitative estimate of drug-likeness (QED) is 0.554. The number of Topliss-reactive ketones (excluding diaryl/α,β-unsaturated/α-hetero) is 2. The zero-order valence-corrected chi connectivity index (χ0v) is 16.1. The Labute approximate surface area is 157 Å². The third-order valence-electron chi connectivity index (χ3n) is 4.38. The number of nitrogens with one attached hydrogen (secondary N) is 1. The summed E-state index contributed by atoms with van der Waals surface area (Å²) >= 11 is 6.88. The van der Waals surface area contributed by atoms with Gasteiger partial charge in [-0.3, -0.25) is 14.4 Å². The van der Waals surface area contributed by atoms with E-state index in [2.05, 4.69) is 5.32 Å². The van der Waals surface area contributed by atoms with Crippen LogP contribution >= 0.6 is 23.6 Å². The largest absolute Gasteiger partial charge is 0.482 e. The molecule has 2 heterocycles. The summed E-state index contributed by atoms with van der Waals surface area (Å²) in [5.74, 6) is -1.82. The first-order chi connectivity index (χ1) is 11.9. The zero-order chi connectivity index (χ0) is 18.4. The lowest BCUT2D eigenvalue weighted by atomic mass is 9.82. The van der Waals surface area contributed by atoms with Gasteiger partial charge in [0.15, 0.2) is 5.05 Å². The van der Waals surface area contributed by atoms with Gasteiger partial charge in [-0.05, 0) is 36.0 Å². The predicted molar refractivity (Wildman–Crippen MR) is 100 cm³/mol. The summed E-state index contributed by atoms with van der Waals surface area (Å²) in [5.41, 5.74) is 0. The molecule has 1 amide bonds. The number of carbonyl (C=O) groups is 3. The van der Waals surface area contributed by atoms with Gasteiger partial charge in [0.05, 0.1) is 0 Å². The van der Waals surface area contributed by atoms with Gasteiger partial charge in [0.2, 0.25) is 5.78 Å². The third-order valence-corrected chi connectivity index (χ3v) is 5.52. The van der Waals surface area contributed by atoms with E-state index in [0.29, 0.717) is 31.0 Å². The van der Waals surface area contributed by atoms with E-state index >= 15 is 0 Å². The van der Waals surface area contributed by atoms with E-state index in [1.165, 1.54) is 0 Å². The Hall–Kier alpha value is -1.60. The summed E-state index contributed by atoms with van der Waals surface area (Å²) in [6.45, 7) is 4.77. The average Bonchev–Trinajstić information content (AvgIpc) is 3.08. The van der Waals surface area contributed by atoms with Crippen LogP contribution in [0.15, 0.2) is 17.5 Å². The molecule has 0 spiro atoms. The molecule has 1 saturated heterocycles. The lowest BCUT2D eigenvalue weighted by Gasteiger charge is -2.24. The highest BCUT2D eigenvalue weighted by molar-refractivity contribution is 7.80. The molecular weight excluding hydrogens is 358 g/mol. The molecule has 0 saturated carbocycles. The molecule has 1 N–H and O–H groups in total. The van der Waals surface area contributed by atoms with Crippen LogP contribution in [-0.2, 0) is 25.7 Å². The lowest BCUT2D eigenvalue weighted by Crippen LogP contribution is -2.43. The Morgan fingerprint density at radius 2 is 2.20 bits per heavy atom. The minimum absolute atomic E-state index is 0.0230. The normalized spacial score (nSPS) is 18.8. The van der Waals surface area contributed by atoms with Crippen LogP contribution < -0.4 is 5.32 Å². The van der Waals surface area contributed by atoms with Crippen molar-refractivity contribution in [2.75, 3.05) is 6.54 Å². The molecule has 25 heavy (non-hydrogen) atoms. The first-order valence-corrected chi connectivity index (χ1v) is 9.70.